The molecule has 2 N–H and O–H groups in total. The molecule has 0 aromatic carbocycles. The summed E-state index contributed by atoms with van der Waals surface area (Å²) < 4.78 is 5.70. The van der Waals surface area contributed by atoms with Gasteiger partial charge in [0.1, 0.15) is 5.69 Å². The van der Waals surface area contributed by atoms with E-state index in [1.807, 2.05) is 0 Å². The van der Waals surface area contributed by atoms with Crippen LogP contribution in [0, 0.1) is 3.57 Å². The Morgan fingerprint density at radius 1 is 1.56 bits per heavy atom. The van der Waals surface area contributed by atoms with E-state index >= 15 is 0 Å². The number of amides is 1. The molecule has 1 aromatic rings. The molecule has 5 nitrogen and oxygen atoms in total. The minimum atomic E-state index is -0.302. The Hall–Kier alpha value is -1.05. The minimum absolute atomic E-state index is 0.192. The fourth-order valence-corrected chi connectivity index (χ4v) is 1.57. The van der Waals surface area contributed by atoms with Gasteiger partial charge in [-0.05, 0) is 35.6 Å². The molecule has 0 saturated carbocycles. The van der Waals surface area contributed by atoms with Gasteiger partial charge in [-0.15, -0.1) is 0 Å². The van der Waals surface area contributed by atoms with Crippen molar-refractivity contribution in [3.05, 3.63) is 21.5 Å². The van der Waals surface area contributed by atoms with E-state index in [1.165, 1.54) is 0 Å². The SMILES string of the molecule is CCOC(=O)CCNC(=O)c1cc(I)c[nH]1. The standard InChI is InChI=1S/C10H13IN2O3/c1-2-16-9(14)3-4-12-10(15)8-5-7(11)6-13-8/h5-6,13H,2-4H2,1H3,(H,12,15). The Morgan fingerprint density at radius 3 is 2.88 bits per heavy atom. The minimum Gasteiger partial charge on any atom is -0.466 e. The van der Waals surface area contributed by atoms with Gasteiger partial charge >= 0.3 is 5.97 Å². The lowest BCUT2D eigenvalue weighted by Gasteiger charge is -2.03. The van der Waals surface area contributed by atoms with Gasteiger partial charge in [-0.2, -0.15) is 0 Å². The highest BCUT2D eigenvalue weighted by atomic mass is 127. The second-order valence-corrected chi connectivity index (χ2v) is 4.29. The highest BCUT2D eigenvalue weighted by Gasteiger charge is 2.08. The van der Waals surface area contributed by atoms with Crippen LogP contribution in [-0.2, 0) is 9.53 Å². The van der Waals surface area contributed by atoms with Crippen molar-refractivity contribution in [1.82, 2.24) is 10.3 Å². The van der Waals surface area contributed by atoms with Crippen molar-refractivity contribution in [3.8, 4) is 0 Å². The number of rotatable bonds is 5. The van der Waals surface area contributed by atoms with E-state index in [4.69, 9.17) is 4.74 Å². The number of carbonyl (C=O) groups excluding carboxylic acids is 2. The molecule has 1 rings (SSSR count). The van der Waals surface area contributed by atoms with Crippen LogP contribution >= 0.6 is 22.6 Å². The molecule has 88 valence electrons. The summed E-state index contributed by atoms with van der Waals surface area (Å²) in [4.78, 5) is 25.3. The molecule has 0 unspecified atom stereocenters. The van der Waals surface area contributed by atoms with Crippen LogP contribution in [0.15, 0.2) is 12.3 Å². The summed E-state index contributed by atoms with van der Waals surface area (Å²) in [5.74, 6) is -0.518. The number of aromatic amines is 1. The fourth-order valence-electron chi connectivity index (χ4n) is 1.11. The van der Waals surface area contributed by atoms with Gasteiger partial charge in [-0.3, -0.25) is 9.59 Å². The van der Waals surface area contributed by atoms with Crippen LogP contribution in [0.3, 0.4) is 0 Å². The van der Waals surface area contributed by atoms with Gasteiger partial charge in [0.15, 0.2) is 0 Å². The van der Waals surface area contributed by atoms with Crippen LogP contribution in [0.25, 0.3) is 0 Å². The maximum Gasteiger partial charge on any atom is 0.307 e. The number of halogens is 1. The van der Waals surface area contributed by atoms with E-state index in [-0.39, 0.29) is 24.8 Å². The maximum atomic E-state index is 11.5. The molecule has 0 aliphatic heterocycles. The summed E-state index contributed by atoms with van der Waals surface area (Å²) in [5, 5.41) is 2.63. The molecule has 0 spiro atoms. The van der Waals surface area contributed by atoms with E-state index in [9.17, 15) is 9.59 Å². The van der Waals surface area contributed by atoms with Crippen LogP contribution in [0.2, 0.25) is 0 Å². The van der Waals surface area contributed by atoms with Gasteiger partial charge in [-0.25, -0.2) is 0 Å². The van der Waals surface area contributed by atoms with Crippen molar-refractivity contribution in [1.29, 1.82) is 0 Å². The third kappa shape index (κ3) is 4.21. The van der Waals surface area contributed by atoms with Crippen LogP contribution in [0.1, 0.15) is 23.8 Å². The van der Waals surface area contributed by atoms with E-state index < -0.39 is 0 Å². The summed E-state index contributed by atoms with van der Waals surface area (Å²) in [6, 6.07) is 1.74. The summed E-state index contributed by atoms with van der Waals surface area (Å²) in [5.41, 5.74) is 0.494. The molecule has 0 radical (unpaired) electrons. The van der Waals surface area contributed by atoms with Crippen molar-refractivity contribution in [2.24, 2.45) is 0 Å². The lowest BCUT2D eigenvalue weighted by molar-refractivity contribution is -0.142. The Bertz CT molecular complexity index is 376. The van der Waals surface area contributed by atoms with Crippen LogP contribution < -0.4 is 5.32 Å². The number of hydrogen-bond donors (Lipinski definition) is 2. The molecule has 0 aliphatic carbocycles. The highest BCUT2D eigenvalue weighted by Crippen LogP contribution is 2.05. The zero-order chi connectivity index (χ0) is 12.0. The van der Waals surface area contributed by atoms with Crippen molar-refractivity contribution in [3.63, 3.8) is 0 Å². The van der Waals surface area contributed by atoms with E-state index in [2.05, 4.69) is 32.9 Å². The van der Waals surface area contributed by atoms with Gasteiger partial charge < -0.3 is 15.0 Å². The molecule has 16 heavy (non-hydrogen) atoms. The summed E-state index contributed by atoms with van der Waals surface area (Å²) in [7, 11) is 0. The molecule has 1 aromatic heterocycles. The molecule has 0 atom stereocenters. The first-order chi connectivity index (χ1) is 7.63. The van der Waals surface area contributed by atoms with Crippen molar-refractivity contribution < 1.29 is 14.3 Å². The van der Waals surface area contributed by atoms with Gasteiger partial charge in [0.25, 0.3) is 5.91 Å². The topological polar surface area (TPSA) is 71.2 Å². The number of carbonyl (C=O) groups is 2. The zero-order valence-corrected chi connectivity index (χ0v) is 11.0. The Balaban J connectivity index is 2.28. The van der Waals surface area contributed by atoms with Crippen molar-refractivity contribution >= 4 is 34.5 Å². The third-order valence-electron chi connectivity index (χ3n) is 1.81. The fraction of sp³-hybridized carbons (Fsp3) is 0.400. The summed E-state index contributed by atoms with van der Waals surface area (Å²) >= 11 is 2.11. The van der Waals surface area contributed by atoms with Gasteiger partial charge in [0, 0.05) is 16.3 Å². The first-order valence-corrected chi connectivity index (χ1v) is 5.99. The quantitative estimate of drug-likeness (QED) is 0.629. The molecule has 0 saturated heterocycles. The van der Waals surface area contributed by atoms with Gasteiger partial charge in [0.05, 0.1) is 13.0 Å². The highest BCUT2D eigenvalue weighted by molar-refractivity contribution is 14.1. The molecule has 0 bridgehead atoms. The second kappa shape index (κ2) is 6.51. The average molecular weight is 336 g/mol. The number of aromatic nitrogens is 1. The summed E-state index contributed by atoms with van der Waals surface area (Å²) in [6.45, 7) is 2.40. The normalized spacial score (nSPS) is 9.88. The smallest absolute Gasteiger partial charge is 0.307 e. The number of nitrogens with one attached hydrogen (secondary N) is 2. The Labute approximate surface area is 107 Å². The third-order valence-corrected chi connectivity index (χ3v) is 2.44. The predicted molar refractivity (Wildman–Crippen MR) is 67.1 cm³/mol. The van der Waals surface area contributed by atoms with Crippen molar-refractivity contribution in [2.45, 2.75) is 13.3 Å². The number of esters is 1. The average Bonchev–Trinajstić information content (AvgIpc) is 2.65. The molecular weight excluding hydrogens is 323 g/mol. The second-order valence-electron chi connectivity index (χ2n) is 3.04. The van der Waals surface area contributed by atoms with Crippen molar-refractivity contribution in [2.75, 3.05) is 13.2 Å². The molecule has 0 fully saturated rings. The molecule has 0 aliphatic rings. The monoisotopic (exact) mass is 336 g/mol. The lowest BCUT2D eigenvalue weighted by Crippen LogP contribution is -2.26. The van der Waals surface area contributed by atoms with Crippen LogP contribution in [-0.4, -0.2) is 30.0 Å². The van der Waals surface area contributed by atoms with Gasteiger partial charge in [0.2, 0.25) is 0 Å². The van der Waals surface area contributed by atoms with E-state index in [0.29, 0.717) is 12.3 Å². The molecule has 1 heterocycles. The first kappa shape index (κ1) is 13.0. The van der Waals surface area contributed by atoms with Crippen LogP contribution in [0.4, 0.5) is 0 Å². The predicted octanol–water partition coefficient (Wildman–Crippen LogP) is 1.30. The maximum absolute atomic E-state index is 11.5. The molecular formula is C10H13IN2O3. The largest absolute Gasteiger partial charge is 0.466 e. The summed E-state index contributed by atoms with van der Waals surface area (Å²) in [6.07, 6.45) is 1.93. The molecule has 6 heteroatoms. The number of hydrogen-bond acceptors (Lipinski definition) is 3. The van der Waals surface area contributed by atoms with Crippen LogP contribution in [0.5, 0.6) is 0 Å². The number of H-pyrrole nitrogens is 1. The number of ether oxygens (including phenoxy) is 1. The Kier molecular flexibility index (Phi) is 5.30. The Morgan fingerprint density at radius 2 is 2.31 bits per heavy atom. The lowest BCUT2D eigenvalue weighted by atomic mass is 10.3. The zero-order valence-electron chi connectivity index (χ0n) is 8.88. The van der Waals surface area contributed by atoms with E-state index in [0.717, 1.165) is 3.57 Å². The first-order valence-electron chi connectivity index (χ1n) is 4.91. The van der Waals surface area contributed by atoms with Gasteiger partial charge in [-0.1, -0.05) is 0 Å². The van der Waals surface area contributed by atoms with E-state index in [1.54, 1.807) is 19.2 Å². The molecule has 1 amide bonds.